The molecule has 2 aromatic heterocycles. The molecule has 1 fully saturated rings. The first kappa shape index (κ1) is 23.1. The molecule has 0 saturated carbocycles. The van der Waals surface area contributed by atoms with Gasteiger partial charge in [0.1, 0.15) is 17.3 Å². The van der Waals surface area contributed by atoms with Crippen molar-refractivity contribution in [3.05, 3.63) is 52.1 Å². The van der Waals surface area contributed by atoms with Gasteiger partial charge in [-0.1, -0.05) is 11.6 Å². The minimum Gasteiger partial charge on any atom is -0.418 e. The van der Waals surface area contributed by atoms with Crippen LogP contribution in [0.5, 0.6) is 0 Å². The van der Waals surface area contributed by atoms with Gasteiger partial charge in [-0.25, -0.2) is 13.8 Å². The van der Waals surface area contributed by atoms with Gasteiger partial charge in [0.15, 0.2) is 5.82 Å². The average Bonchev–Trinajstić information content (AvgIpc) is 3.21. The lowest BCUT2D eigenvalue weighted by molar-refractivity contribution is 0.189. The Hall–Kier alpha value is -2.69. The highest BCUT2D eigenvalue weighted by atomic mass is 35.5. The normalized spacial score (nSPS) is 17.6. The van der Waals surface area contributed by atoms with Gasteiger partial charge >= 0.3 is 0 Å². The first-order valence-electron chi connectivity index (χ1n) is 11.5. The Bertz CT molecular complexity index is 1170. The Labute approximate surface area is 201 Å². The van der Waals surface area contributed by atoms with Gasteiger partial charge in [0.2, 0.25) is 5.89 Å². The largest absolute Gasteiger partial charge is 0.418 e. The number of hydrogen-bond donors (Lipinski definition) is 1. The molecule has 2 N–H and O–H groups in total. The summed E-state index contributed by atoms with van der Waals surface area (Å²) in [5, 5.41) is 8.13. The number of rotatable bonds is 5. The highest BCUT2D eigenvalue weighted by Crippen LogP contribution is 2.30. The third-order valence-electron chi connectivity index (χ3n) is 6.38. The molecule has 180 valence electrons. The van der Waals surface area contributed by atoms with Crippen LogP contribution < -0.4 is 10.6 Å². The highest BCUT2D eigenvalue weighted by molar-refractivity contribution is 6.31. The van der Waals surface area contributed by atoms with E-state index in [2.05, 4.69) is 20.1 Å². The lowest BCUT2D eigenvalue weighted by Gasteiger charge is -2.28. The van der Waals surface area contributed by atoms with Crippen LogP contribution in [0.4, 0.5) is 14.6 Å². The quantitative estimate of drug-likeness (QED) is 0.541. The van der Waals surface area contributed by atoms with Crippen molar-refractivity contribution in [3.63, 3.8) is 0 Å². The topological polar surface area (TPSA) is 97.2 Å². The molecule has 0 amide bonds. The fourth-order valence-electron chi connectivity index (χ4n) is 4.42. The Morgan fingerprint density at radius 3 is 2.68 bits per heavy atom. The van der Waals surface area contributed by atoms with E-state index in [-0.39, 0.29) is 29.1 Å². The van der Waals surface area contributed by atoms with Crippen LogP contribution >= 0.6 is 11.6 Å². The minimum absolute atomic E-state index is 0.0831. The molecule has 1 saturated heterocycles. The van der Waals surface area contributed by atoms with E-state index in [4.69, 9.17) is 26.7 Å². The van der Waals surface area contributed by atoms with Crippen molar-refractivity contribution in [2.45, 2.75) is 51.2 Å². The summed E-state index contributed by atoms with van der Waals surface area (Å²) < 4.78 is 34.3. The Kier molecular flexibility index (Phi) is 6.71. The standard InChI is InChI=1S/C23H26ClF2N7O/c24-21-15(16(25)4-5-17(21)26)12-33-8-2-1-3-18-22(33)29-19(11-28-18)23-31-30-20(34-23)13-32-9-6-14(27)7-10-32/h4-5,11,14H,1-3,6-10,12-13,27H2. The van der Waals surface area contributed by atoms with Crippen molar-refractivity contribution < 1.29 is 13.2 Å². The maximum Gasteiger partial charge on any atom is 0.268 e. The van der Waals surface area contributed by atoms with Gasteiger partial charge in [0.05, 0.1) is 23.5 Å². The number of aryl methyl sites for hydroxylation is 1. The van der Waals surface area contributed by atoms with E-state index in [0.717, 1.165) is 63.0 Å². The fourth-order valence-corrected chi connectivity index (χ4v) is 4.63. The lowest BCUT2D eigenvalue weighted by Crippen LogP contribution is -2.39. The summed E-state index contributed by atoms with van der Waals surface area (Å²) in [4.78, 5) is 13.5. The molecule has 0 unspecified atom stereocenters. The summed E-state index contributed by atoms with van der Waals surface area (Å²) in [7, 11) is 0. The molecule has 0 radical (unpaired) electrons. The smallest absolute Gasteiger partial charge is 0.268 e. The van der Waals surface area contributed by atoms with Gasteiger partial charge in [0, 0.05) is 37.8 Å². The zero-order chi connectivity index (χ0) is 23.7. The van der Waals surface area contributed by atoms with E-state index in [1.807, 2.05) is 4.90 Å². The predicted molar refractivity (Wildman–Crippen MR) is 123 cm³/mol. The molecule has 3 aromatic rings. The summed E-state index contributed by atoms with van der Waals surface area (Å²) in [6, 6.07) is 2.37. The van der Waals surface area contributed by atoms with E-state index in [9.17, 15) is 8.78 Å². The van der Waals surface area contributed by atoms with E-state index in [1.165, 1.54) is 0 Å². The second-order valence-electron chi connectivity index (χ2n) is 8.84. The molecule has 8 nitrogen and oxygen atoms in total. The Morgan fingerprint density at radius 1 is 1.06 bits per heavy atom. The van der Waals surface area contributed by atoms with Crippen LogP contribution in [0.3, 0.4) is 0 Å². The number of benzene rings is 1. The van der Waals surface area contributed by atoms with Crippen LogP contribution in [-0.4, -0.2) is 50.7 Å². The molecule has 11 heteroatoms. The number of piperidine rings is 1. The molecule has 4 heterocycles. The third kappa shape index (κ3) is 4.89. The van der Waals surface area contributed by atoms with Crippen LogP contribution in [0, 0.1) is 11.6 Å². The highest BCUT2D eigenvalue weighted by Gasteiger charge is 2.24. The number of likely N-dealkylation sites (tertiary alicyclic amines) is 1. The molecule has 1 aromatic carbocycles. The third-order valence-corrected chi connectivity index (χ3v) is 6.79. The number of hydrogen-bond acceptors (Lipinski definition) is 8. The second-order valence-corrected chi connectivity index (χ2v) is 9.22. The number of nitrogens with zero attached hydrogens (tertiary/aromatic N) is 6. The molecule has 5 rings (SSSR count). The van der Waals surface area contributed by atoms with Crippen molar-refractivity contribution >= 4 is 17.4 Å². The van der Waals surface area contributed by atoms with Crippen molar-refractivity contribution in [1.29, 1.82) is 0 Å². The number of aromatic nitrogens is 4. The van der Waals surface area contributed by atoms with E-state index < -0.39 is 11.6 Å². The number of fused-ring (bicyclic) bond motifs is 1. The first-order valence-corrected chi connectivity index (χ1v) is 11.9. The molecular weight excluding hydrogens is 464 g/mol. The van der Waals surface area contributed by atoms with Crippen molar-refractivity contribution in [3.8, 4) is 11.6 Å². The average molecular weight is 490 g/mol. The predicted octanol–water partition coefficient (Wildman–Crippen LogP) is 3.72. The molecule has 34 heavy (non-hydrogen) atoms. The summed E-state index contributed by atoms with van der Waals surface area (Å²) in [6.45, 7) is 3.04. The maximum absolute atomic E-state index is 14.5. The fraction of sp³-hybridized carbons (Fsp3) is 0.478. The van der Waals surface area contributed by atoms with E-state index in [1.54, 1.807) is 6.20 Å². The van der Waals surface area contributed by atoms with E-state index >= 15 is 0 Å². The van der Waals surface area contributed by atoms with Crippen LogP contribution in [0.2, 0.25) is 5.02 Å². The van der Waals surface area contributed by atoms with Crippen molar-refractivity contribution in [2.75, 3.05) is 24.5 Å². The Morgan fingerprint density at radius 2 is 1.85 bits per heavy atom. The molecule has 0 aliphatic carbocycles. The molecule has 2 aliphatic rings. The van der Waals surface area contributed by atoms with Gasteiger partial charge in [-0.3, -0.25) is 9.88 Å². The zero-order valence-corrected chi connectivity index (χ0v) is 19.4. The monoisotopic (exact) mass is 489 g/mol. The summed E-state index contributed by atoms with van der Waals surface area (Å²) in [6.07, 6.45) is 6.04. The zero-order valence-electron chi connectivity index (χ0n) is 18.7. The van der Waals surface area contributed by atoms with Crippen molar-refractivity contribution in [2.24, 2.45) is 5.73 Å². The minimum atomic E-state index is -0.651. The van der Waals surface area contributed by atoms with Crippen LogP contribution in [0.25, 0.3) is 11.6 Å². The SMILES string of the molecule is NC1CCN(Cc2nnc(-c3cnc4c(n3)N(Cc3c(F)ccc(F)c3Cl)CCCC4)o2)CC1. The molecule has 2 aliphatic heterocycles. The number of nitrogens with two attached hydrogens (primary N) is 1. The summed E-state index contributed by atoms with van der Waals surface area (Å²) >= 11 is 6.08. The maximum atomic E-state index is 14.5. The molecule has 0 atom stereocenters. The Balaban J connectivity index is 1.39. The number of halogens is 3. The van der Waals surface area contributed by atoms with Gasteiger partial charge in [-0.05, 0) is 44.2 Å². The van der Waals surface area contributed by atoms with Gasteiger partial charge in [0.25, 0.3) is 5.89 Å². The van der Waals surface area contributed by atoms with Gasteiger partial charge < -0.3 is 15.1 Å². The summed E-state index contributed by atoms with van der Waals surface area (Å²) in [5.41, 5.74) is 7.31. The second kappa shape index (κ2) is 9.89. The molecule has 0 bridgehead atoms. The molecular formula is C23H26ClF2N7O. The lowest BCUT2D eigenvalue weighted by atomic mass is 10.1. The van der Waals surface area contributed by atoms with Crippen LogP contribution in [0.1, 0.15) is 42.8 Å². The summed E-state index contributed by atoms with van der Waals surface area (Å²) in [5.74, 6) is 0.175. The van der Waals surface area contributed by atoms with Crippen LogP contribution in [0.15, 0.2) is 22.7 Å². The van der Waals surface area contributed by atoms with E-state index in [0.29, 0.717) is 30.5 Å². The van der Waals surface area contributed by atoms with Crippen LogP contribution in [-0.2, 0) is 19.5 Å². The van der Waals surface area contributed by atoms with Gasteiger partial charge in [-0.15, -0.1) is 10.2 Å². The van der Waals surface area contributed by atoms with Crippen molar-refractivity contribution in [1.82, 2.24) is 25.1 Å². The first-order chi connectivity index (χ1) is 16.5. The van der Waals surface area contributed by atoms with Gasteiger partial charge in [-0.2, -0.15) is 0 Å². The number of anilines is 1. The molecule has 0 spiro atoms.